The van der Waals surface area contributed by atoms with Gasteiger partial charge in [0, 0.05) is 34.5 Å². The molecule has 2 N–H and O–H groups in total. The summed E-state index contributed by atoms with van der Waals surface area (Å²) < 4.78 is 35.9. The Kier molecular flexibility index (Phi) is 5.81. The van der Waals surface area contributed by atoms with E-state index in [9.17, 15) is 13.2 Å². The molecule has 16 heavy (non-hydrogen) atoms. The van der Waals surface area contributed by atoms with E-state index in [2.05, 4.69) is 6.92 Å². The first-order valence-corrected chi connectivity index (χ1v) is 7.55. The second-order valence-corrected chi connectivity index (χ2v) is 6.85. The molecule has 96 valence electrons. The number of hydrogen-bond acceptors (Lipinski definition) is 3. The average molecular weight is 273 g/mol. The Labute approximate surface area is 103 Å². The van der Waals surface area contributed by atoms with E-state index in [4.69, 9.17) is 5.73 Å². The Hall–Kier alpha value is 0.450. The number of nitrogens with two attached hydrogens (primary N) is 1. The molecule has 0 bridgehead atoms. The maximum absolute atomic E-state index is 12.0. The van der Waals surface area contributed by atoms with Crippen LogP contribution in [0, 0.1) is 0 Å². The highest BCUT2D eigenvalue weighted by molar-refractivity contribution is 8.07. The van der Waals surface area contributed by atoms with E-state index in [1.807, 2.05) is 23.5 Å². The number of halogens is 3. The molecule has 1 heterocycles. The smallest absolute Gasteiger partial charge is 0.327 e. The van der Waals surface area contributed by atoms with Crippen LogP contribution < -0.4 is 5.73 Å². The van der Waals surface area contributed by atoms with Gasteiger partial charge in [-0.3, -0.25) is 0 Å². The zero-order valence-electron chi connectivity index (χ0n) is 9.30. The van der Waals surface area contributed by atoms with Gasteiger partial charge >= 0.3 is 6.18 Å². The Morgan fingerprint density at radius 1 is 1.31 bits per heavy atom. The molecule has 1 nitrogen and oxygen atoms in total. The van der Waals surface area contributed by atoms with Crippen LogP contribution in [-0.4, -0.2) is 34.2 Å². The third kappa shape index (κ3) is 5.19. The van der Waals surface area contributed by atoms with Crippen molar-refractivity contribution in [1.82, 2.24) is 0 Å². The second-order valence-electron chi connectivity index (χ2n) is 4.08. The fourth-order valence-corrected chi connectivity index (χ4v) is 4.75. The first kappa shape index (κ1) is 14.5. The summed E-state index contributed by atoms with van der Waals surface area (Å²) in [5.74, 6) is 2.18. The largest absolute Gasteiger partial charge is 0.389 e. The monoisotopic (exact) mass is 273 g/mol. The highest BCUT2D eigenvalue weighted by Crippen LogP contribution is 2.34. The maximum Gasteiger partial charge on any atom is 0.389 e. The van der Waals surface area contributed by atoms with Crippen LogP contribution in [0.4, 0.5) is 13.2 Å². The summed E-state index contributed by atoms with van der Waals surface area (Å²) in [6.45, 7) is 2.12. The molecule has 6 heteroatoms. The SMILES string of the molecule is CC1SCCSC1C(N)CCCC(F)(F)F. The topological polar surface area (TPSA) is 26.0 Å². The summed E-state index contributed by atoms with van der Waals surface area (Å²) in [6, 6.07) is -0.102. The standard InChI is InChI=1S/C10H18F3NS2/c1-7-9(16-6-5-15-7)8(14)3-2-4-10(11,12)13/h7-9H,2-6,14H2,1H3. The number of hydrogen-bond donors (Lipinski definition) is 1. The molecular formula is C10H18F3NS2. The van der Waals surface area contributed by atoms with Crippen LogP contribution in [0.15, 0.2) is 0 Å². The Morgan fingerprint density at radius 2 is 1.94 bits per heavy atom. The molecule has 1 aliphatic heterocycles. The van der Waals surface area contributed by atoms with Crippen LogP contribution in [0.3, 0.4) is 0 Å². The van der Waals surface area contributed by atoms with Gasteiger partial charge in [0.25, 0.3) is 0 Å². The predicted octanol–water partition coefficient (Wildman–Crippen LogP) is 3.28. The van der Waals surface area contributed by atoms with Gasteiger partial charge in [-0.2, -0.15) is 36.7 Å². The lowest BCUT2D eigenvalue weighted by atomic mass is 10.1. The summed E-state index contributed by atoms with van der Waals surface area (Å²) >= 11 is 3.68. The molecule has 0 saturated carbocycles. The first-order valence-electron chi connectivity index (χ1n) is 5.45. The van der Waals surface area contributed by atoms with Crippen LogP contribution in [0.25, 0.3) is 0 Å². The zero-order chi connectivity index (χ0) is 12.2. The molecular weight excluding hydrogens is 255 g/mol. The third-order valence-electron chi connectivity index (χ3n) is 2.66. The molecule has 3 unspecified atom stereocenters. The Morgan fingerprint density at radius 3 is 2.50 bits per heavy atom. The normalized spacial score (nSPS) is 29.1. The van der Waals surface area contributed by atoms with Gasteiger partial charge in [0.2, 0.25) is 0 Å². The number of thioether (sulfide) groups is 2. The van der Waals surface area contributed by atoms with Crippen LogP contribution >= 0.6 is 23.5 Å². The van der Waals surface area contributed by atoms with Crippen LogP contribution in [0.2, 0.25) is 0 Å². The molecule has 3 atom stereocenters. The predicted molar refractivity (Wildman–Crippen MR) is 66.0 cm³/mol. The number of rotatable bonds is 4. The highest BCUT2D eigenvalue weighted by Gasteiger charge is 2.30. The van der Waals surface area contributed by atoms with Gasteiger partial charge in [0.1, 0.15) is 0 Å². The van der Waals surface area contributed by atoms with Crippen molar-refractivity contribution in [2.75, 3.05) is 11.5 Å². The lowest BCUT2D eigenvalue weighted by Gasteiger charge is -2.32. The average Bonchev–Trinajstić information content (AvgIpc) is 2.16. The van der Waals surface area contributed by atoms with E-state index in [0.29, 0.717) is 16.9 Å². The molecule has 1 saturated heterocycles. The fourth-order valence-electron chi connectivity index (χ4n) is 1.82. The number of alkyl halides is 3. The third-order valence-corrected chi connectivity index (χ3v) is 5.93. The van der Waals surface area contributed by atoms with Gasteiger partial charge in [-0.1, -0.05) is 6.92 Å². The van der Waals surface area contributed by atoms with E-state index in [1.165, 1.54) is 0 Å². The van der Waals surface area contributed by atoms with Crippen LogP contribution in [0.5, 0.6) is 0 Å². The van der Waals surface area contributed by atoms with E-state index in [1.54, 1.807) is 0 Å². The maximum atomic E-state index is 12.0. The van der Waals surface area contributed by atoms with Gasteiger partial charge in [-0.15, -0.1) is 0 Å². The summed E-state index contributed by atoms with van der Waals surface area (Å²) in [5, 5.41) is 0.770. The van der Waals surface area contributed by atoms with Crippen molar-refractivity contribution in [2.24, 2.45) is 5.73 Å². The lowest BCUT2D eigenvalue weighted by Crippen LogP contribution is -2.40. The molecule has 1 aliphatic rings. The van der Waals surface area contributed by atoms with E-state index >= 15 is 0 Å². The van der Waals surface area contributed by atoms with Crippen molar-refractivity contribution in [2.45, 2.75) is 48.9 Å². The van der Waals surface area contributed by atoms with Crippen LogP contribution in [-0.2, 0) is 0 Å². The molecule has 1 rings (SSSR count). The quantitative estimate of drug-likeness (QED) is 0.851. The van der Waals surface area contributed by atoms with E-state index < -0.39 is 12.6 Å². The van der Waals surface area contributed by atoms with Crippen LogP contribution in [0.1, 0.15) is 26.2 Å². The molecule has 0 aromatic heterocycles. The Bertz CT molecular complexity index is 211. The highest BCUT2D eigenvalue weighted by atomic mass is 32.2. The Balaban J connectivity index is 2.25. The molecule has 0 amide bonds. The minimum Gasteiger partial charge on any atom is -0.327 e. The fraction of sp³-hybridized carbons (Fsp3) is 1.00. The van der Waals surface area contributed by atoms with Crippen molar-refractivity contribution in [3.63, 3.8) is 0 Å². The van der Waals surface area contributed by atoms with E-state index in [-0.39, 0.29) is 12.5 Å². The second kappa shape index (κ2) is 6.40. The lowest BCUT2D eigenvalue weighted by molar-refractivity contribution is -0.135. The van der Waals surface area contributed by atoms with Gasteiger partial charge < -0.3 is 5.73 Å². The van der Waals surface area contributed by atoms with E-state index in [0.717, 1.165) is 11.5 Å². The van der Waals surface area contributed by atoms with Crippen molar-refractivity contribution in [3.05, 3.63) is 0 Å². The van der Waals surface area contributed by atoms with Crippen molar-refractivity contribution in [1.29, 1.82) is 0 Å². The van der Waals surface area contributed by atoms with Gasteiger partial charge in [0.05, 0.1) is 0 Å². The first-order chi connectivity index (χ1) is 7.40. The molecule has 0 radical (unpaired) electrons. The molecule has 0 aliphatic carbocycles. The van der Waals surface area contributed by atoms with Gasteiger partial charge in [-0.05, 0) is 12.8 Å². The molecule has 0 aromatic carbocycles. The van der Waals surface area contributed by atoms with Crippen molar-refractivity contribution < 1.29 is 13.2 Å². The van der Waals surface area contributed by atoms with Crippen molar-refractivity contribution >= 4 is 23.5 Å². The molecule has 0 spiro atoms. The van der Waals surface area contributed by atoms with Crippen molar-refractivity contribution in [3.8, 4) is 0 Å². The summed E-state index contributed by atoms with van der Waals surface area (Å²) in [4.78, 5) is 0. The van der Waals surface area contributed by atoms with Gasteiger partial charge in [0.15, 0.2) is 0 Å². The summed E-state index contributed by atoms with van der Waals surface area (Å²) in [7, 11) is 0. The van der Waals surface area contributed by atoms with Gasteiger partial charge in [-0.25, -0.2) is 0 Å². The molecule has 1 fully saturated rings. The minimum atomic E-state index is -4.04. The summed E-state index contributed by atoms with van der Waals surface area (Å²) in [5.41, 5.74) is 5.97. The molecule has 0 aromatic rings. The minimum absolute atomic E-state index is 0.102. The zero-order valence-corrected chi connectivity index (χ0v) is 10.9. The summed E-state index contributed by atoms with van der Waals surface area (Å²) in [6.07, 6.45) is -4.12.